The number of pyridine rings is 1. The van der Waals surface area contributed by atoms with Gasteiger partial charge < -0.3 is 23.8 Å². The van der Waals surface area contributed by atoms with Gasteiger partial charge in [-0.25, -0.2) is 27.3 Å². The SMILES string of the molecule is Cc1ncc2c(-c3ccc(F)cc3C(=O)N(CC(F)F)C(C)C)cc(N3CCN(C(=O)[C@@H]4CCC(c5cccc(F)c5)N4C(=O)OC(C)(C)C)CC3)cn12. The number of halogens is 4. The van der Waals surface area contributed by atoms with Crippen LogP contribution in [0.25, 0.3) is 16.6 Å². The van der Waals surface area contributed by atoms with E-state index in [1.54, 1.807) is 57.8 Å². The van der Waals surface area contributed by atoms with E-state index in [1.165, 1.54) is 29.2 Å². The lowest BCUT2D eigenvalue weighted by atomic mass is 9.97. The van der Waals surface area contributed by atoms with E-state index in [2.05, 4.69) is 9.88 Å². The average Bonchev–Trinajstić information content (AvgIpc) is 3.73. The van der Waals surface area contributed by atoms with E-state index in [4.69, 9.17) is 4.74 Å². The summed E-state index contributed by atoms with van der Waals surface area (Å²) in [6, 6.07) is 9.85. The summed E-state index contributed by atoms with van der Waals surface area (Å²) in [6.45, 7) is 11.1. The number of nitrogens with zero attached hydrogens (tertiary/aromatic N) is 6. The van der Waals surface area contributed by atoms with Crippen molar-refractivity contribution in [1.29, 1.82) is 0 Å². The molecule has 3 amide bonds. The molecule has 2 aromatic carbocycles. The number of imidazole rings is 1. The van der Waals surface area contributed by atoms with Crippen LogP contribution in [-0.2, 0) is 9.53 Å². The third-order valence-corrected chi connectivity index (χ3v) is 10.00. The molecule has 0 radical (unpaired) electrons. The van der Waals surface area contributed by atoms with Crippen molar-refractivity contribution in [2.75, 3.05) is 37.6 Å². The molecule has 2 atom stereocenters. The number of piperazine rings is 1. The molecule has 0 bridgehead atoms. The summed E-state index contributed by atoms with van der Waals surface area (Å²) in [4.78, 5) is 52.3. The van der Waals surface area contributed by atoms with Gasteiger partial charge in [-0.05, 0) is 95.8 Å². The predicted molar refractivity (Wildman–Crippen MR) is 197 cm³/mol. The molecule has 10 nitrogen and oxygen atoms in total. The molecule has 2 saturated heterocycles. The molecule has 288 valence electrons. The molecule has 2 aliphatic heterocycles. The number of aromatic nitrogens is 2. The Labute approximate surface area is 312 Å². The van der Waals surface area contributed by atoms with Crippen LogP contribution in [0.4, 0.5) is 28.0 Å². The number of carbonyl (C=O) groups excluding carboxylic acids is 3. The molecule has 1 unspecified atom stereocenters. The molecule has 0 N–H and O–H groups in total. The second-order valence-corrected chi connectivity index (χ2v) is 15.2. The number of amides is 3. The monoisotopic (exact) mass is 750 g/mol. The number of alkyl halides is 2. The van der Waals surface area contributed by atoms with Gasteiger partial charge in [0.2, 0.25) is 5.91 Å². The first-order valence-electron chi connectivity index (χ1n) is 18.2. The minimum Gasteiger partial charge on any atom is -0.444 e. The zero-order valence-corrected chi connectivity index (χ0v) is 31.4. The van der Waals surface area contributed by atoms with Crippen molar-refractivity contribution in [2.45, 2.75) is 84.5 Å². The van der Waals surface area contributed by atoms with Crippen LogP contribution in [0.3, 0.4) is 0 Å². The predicted octanol–water partition coefficient (Wildman–Crippen LogP) is 7.49. The van der Waals surface area contributed by atoms with E-state index < -0.39 is 60.3 Å². The van der Waals surface area contributed by atoms with Gasteiger partial charge in [-0.2, -0.15) is 0 Å². The minimum atomic E-state index is -2.77. The fourth-order valence-corrected chi connectivity index (χ4v) is 7.42. The highest BCUT2D eigenvalue weighted by Crippen LogP contribution is 2.39. The van der Waals surface area contributed by atoms with Gasteiger partial charge in [-0.3, -0.25) is 14.5 Å². The van der Waals surface area contributed by atoms with Gasteiger partial charge in [-0.1, -0.05) is 18.2 Å². The van der Waals surface area contributed by atoms with Crippen molar-refractivity contribution in [3.05, 3.63) is 89.5 Å². The van der Waals surface area contributed by atoms with Gasteiger partial charge in [0.15, 0.2) is 0 Å². The summed E-state index contributed by atoms with van der Waals surface area (Å²) >= 11 is 0. The Kier molecular flexibility index (Phi) is 10.9. The Balaban J connectivity index is 1.27. The Morgan fingerprint density at radius 3 is 2.30 bits per heavy atom. The Bertz CT molecular complexity index is 2040. The summed E-state index contributed by atoms with van der Waals surface area (Å²) in [7, 11) is 0. The van der Waals surface area contributed by atoms with E-state index in [-0.39, 0.29) is 11.5 Å². The zero-order valence-electron chi connectivity index (χ0n) is 31.4. The highest BCUT2D eigenvalue weighted by molar-refractivity contribution is 6.03. The molecule has 14 heteroatoms. The number of benzene rings is 2. The molecular weight excluding hydrogens is 704 g/mol. The Morgan fingerprint density at radius 2 is 1.65 bits per heavy atom. The van der Waals surface area contributed by atoms with Crippen LogP contribution >= 0.6 is 0 Å². The summed E-state index contributed by atoms with van der Waals surface area (Å²) in [6.07, 6.45) is 1.02. The molecule has 54 heavy (non-hydrogen) atoms. The van der Waals surface area contributed by atoms with Crippen molar-refractivity contribution >= 4 is 29.1 Å². The fourth-order valence-electron chi connectivity index (χ4n) is 7.42. The van der Waals surface area contributed by atoms with Crippen LogP contribution in [0.1, 0.15) is 75.2 Å². The molecule has 2 fully saturated rings. The van der Waals surface area contributed by atoms with Gasteiger partial charge in [0.05, 0.1) is 35.6 Å². The van der Waals surface area contributed by atoms with Crippen LogP contribution in [-0.4, -0.2) is 98.8 Å². The van der Waals surface area contributed by atoms with Crippen molar-refractivity contribution in [3.8, 4) is 11.1 Å². The van der Waals surface area contributed by atoms with Crippen molar-refractivity contribution in [2.24, 2.45) is 0 Å². The summed E-state index contributed by atoms with van der Waals surface area (Å²) < 4.78 is 63.6. The summed E-state index contributed by atoms with van der Waals surface area (Å²) in [5.74, 6) is -1.36. The van der Waals surface area contributed by atoms with E-state index in [0.29, 0.717) is 67.1 Å². The number of hydrogen-bond donors (Lipinski definition) is 0. The number of fused-ring (bicyclic) bond motifs is 1. The van der Waals surface area contributed by atoms with Crippen LogP contribution < -0.4 is 4.90 Å². The molecule has 0 saturated carbocycles. The molecule has 0 aliphatic carbocycles. The molecule has 0 spiro atoms. The number of ether oxygens (including phenoxy) is 1. The van der Waals surface area contributed by atoms with Crippen molar-refractivity contribution in [3.63, 3.8) is 0 Å². The maximum absolute atomic E-state index is 14.7. The third-order valence-electron chi connectivity index (χ3n) is 10.00. The molecule has 6 rings (SSSR count). The lowest BCUT2D eigenvalue weighted by Gasteiger charge is -2.39. The van der Waals surface area contributed by atoms with Gasteiger partial charge in [0.1, 0.15) is 29.1 Å². The largest absolute Gasteiger partial charge is 0.444 e. The number of anilines is 1. The lowest BCUT2D eigenvalue weighted by molar-refractivity contribution is -0.136. The van der Waals surface area contributed by atoms with E-state index >= 15 is 0 Å². The number of carbonyl (C=O) groups is 3. The molecule has 2 aromatic heterocycles. The fraction of sp³-hybridized carbons (Fsp3) is 0.450. The van der Waals surface area contributed by atoms with E-state index in [1.807, 2.05) is 23.6 Å². The number of aryl methyl sites for hydroxylation is 1. The van der Waals surface area contributed by atoms with Gasteiger partial charge in [0, 0.05) is 44.0 Å². The highest BCUT2D eigenvalue weighted by atomic mass is 19.3. The highest BCUT2D eigenvalue weighted by Gasteiger charge is 2.45. The first-order chi connectivity index (χ1) is 25.5. The van der Waals surface area contributed by atoms with Crippen LogP contribution in [0, 0.1) is 18.6 Å². The Morgan fingerprint density at radius 1 is 0.944 bits per heavy atom. The first-order valence-corrected chi connectivity index (χ1v) is 18.2. The number of hydrogen-bond acceptors (Lipinski definition) is 6. The molecule has 4 heterocycles. The van der Waals surface area contributed by atoms with Crippen LogP contribution in [0.15, 0.2) is 60.9 Å². The summed E-state index contributed by atoms with van der Waals surface area (Å²) in [5.41, 5.74) is 2.09. The second kappa shape index (κ2) is 15.3. The molecular formula is C40H46F4N6O4. The Hall–Kier alpha value is -5.14. The number of likely N-dealkylation sites (tertiary alicyclic amines) is 1. The topological polar surface area (TPSA) is 90.7 Å². The van der Waals surface area contributed by atoms with Gasteiger partial charge in [-0.15, -0.1) is 0 Å². The first kappa shape index (κ1) is 38.6. The maximum Gasteiger partial charge on any atom is 0.411 e. The van der Waals surface area contributed by atoms with E-state index in [0.717, 1.165) is 16.7 Å². The quantitative estimate of drug-likeness (QED) is 0.174. The van der Waals surface area contributed by atoms with Crippen LogP contribution in [0.2, 0.25) is 0 Å². The van der Waals surface area contributed by atoms with E-state index in [9.17, 15) is 31.9 Å². The van der Waals surface area contributed by atoms with Gasteiger partial charge >= 0.3 is 6.09 Å². The van der Waals surface area contributed by atoms with Gasteiger partial charge in [0.25, 0.3) is 12.3 Å². The summed E-state index contributed by atoms with van der Waals surface area (Å²) in [5, 5.41) is 0. The van der Waals surface area contributed by atoms with Crippen molar-refractivity contribution in [1.82, 2.24) is 24.1 Å². The maximum atomic E-state index is 14.7. The standard InChI is InChI=1S/C40H46F4N6O4/c1-24(2)48(23-36(43)44)37(51)32-19-28(42)10-11-30(32)31-20-29(22-49-25(3)45-21-35(31)49)46-14-16-47(17-15-46)38(52)34-13-12-33(26-8-7-9-27(41)18-26)50(34)39(53)54-40(4,5)6/h7-11,18-22,24,33-34,36H,12-17,23H2,1-6H3/t33?,34-/m0/s1. The smallest absolute Gasteiger partial charge is 0.411 e. The normalized spacial score (nSPS) is 17.9. The van der Waals surface area contributed by atoms with Crippen LogP contribution in [0.5, 0.6) is 0 Å². The zero-order chi connectivity index (χ0) is 39.1. The third kappa shape index (κ3) is 8.02. The molecule has 2 aliphatic rings. The number of rotatable bonds is 8. The van der Waals surface area contributed by atoms with Crippen molar-refractivity contribution < 1.29 is 36.7 Å². The lowest BCUT2D eigenvalue weighted by Crippen LogP contribution is -2.55. The second-order valence-electron chi connectivity index (χ2n) is 15.2. The average molecular weight is 751 g/mol. The molecule has 4 aromatic rings. The minimum absolute atomic E-state index is 0.0414.